The van der Waals surface area contributed by atoms with Gasteiger partial charge >= 0.3 is 5.97 Å². The van der Waals surface area contributed by atoms with E-state index in [-0.39, 0.29) is 5.56 Å². The summed E-state index contributed by atoms with van der Waals surface area (Å²) in [7, 11) is 0. The molecule has 3 rings (SSSR count). The molecule has 0 bridgehead atoms. The van der Waals surface area contributed by atoms with Crippen LogP contribution >= 0.6 is 11.3 Å². The Morgan fingerprint density at radius 1 is 1.18 bits per heavy atom. The van der Waals surface area contributed by atoms with Crippen LogP contribution in [0.4, 0.5) is 0 Å². The van der Waals surface area contributed by atoms with E-state index in [2.05, 4.69) is 11.9 Å². The average molecular weight is 401 g/mol. The molecule has 28 heavy (non-hydrogen) atoms. The van der Waals surface area contributed by atoms with Crippen LogP contribution < -0.4 is 10.3 Å². The Balaban J connectivity index is 1.97. The van der Waals surface area contributed by atoms with E-state index >= 15 is 0 Å². The van der Waals surface area contributed by atoms with Gasteiger partial charge in [-0.2, -0.15) is 0 Å². The van der Waals surface area contributed by atoms with Gasteiger partial charge in [0.15, 0.2) is 0 Å². The van der Waals surface area contributed by atoms with Crippen LogP contribution in [0.5, 0.6) is 5.75 Å². The number of thiophene rings is 1. The zero-order chi connectivity index (χ0) is 20.1. The van der Waals surface area contributed by atoms with Gasteiger partial charge in [0.25, 0.3) is 5.56 Å². The van der Waals surface area contributed by atoms with Gasteiger partial charge < -0.3 is 9.47 Å². The predicted octanol–water partition coefficient (Wildman–Crippen LogP) is 4.43. The lowest BCUT2D eigenvalue weighted by atomic mass is 10.1. The van der Waals surface area contributed by atoms with Gasteiger partial charge in [0.2, 0.25) is 0 Å². The summed E-state index contributed by atoms with van der Waals surface area (Å²) >= 11 is 1.41. The summed E-state index contributed by atoms with van der Waals surface area (Å²) in [4.78, 5) is 30.3. The zero-order valence-corrected chi connectivity index (χ0v) is 17.1. The molecule has 7 heteroatoms. The molecule has 6 nitrogen and oxygen atoms in total. The van der Waals surface area contributed by atoms with Crippen molar-refractivity contribution in [2.45, 2.75) is 39.7 Å². The number of hydrogen-bond acceptors (Lipinski definition) is 6. The van der Waals surface area contributed by atoms with E-state index in [0.717, 1.165) is 29.7 Å². The van der Waals surface area contributed by atoms with E-state index in [4.69, 9.17) is 9.47 Å². The van der Waals surface area contributed by atoms with E-state index in [1.165, 1.54) is 22.2 Å². The second-order valence-corrected chi connectivity index (χ2v) is 7.36. The third-order valence-corrected chi connectivity index (χ3v) is 5.25. The lowest BCUT2D eigenvalue weighted by molar-refractivity contribution is -0.147. The number of carbonyl (C=O) groups excluding carboxylic acids is 1. The maximum absolute atomic E-state index is 13.1. The van der Waals surface area contributed by atoms with Gasteiger partial charge in [-0.1, -0.05) is 26.0 Å². The number of fused-ring (bicyclic) bond motifs is 1. The SMILES string of the molecule is CCCOC(=O)[C@H](C)n1cnc2scc(-c3ccc(OCCC)cc3)c2c1=O. The molecule has 148 valence electrons. The first-order valence-electron chi connectivity index (χ1n) is 9.45. The van der Waals surface area contributed by atoms with Crippen LogP contribution in [-0.2, 0) is 9.53 Å². The number of rotatable bonds is 8. The highest BCUT2D eigenvalue weighted by Crippen LogP contribution is 2.32. The minimum absolute atomic E-state index is 0.242. The van der Waals surface area contributed by atoms with Crippen LogP contribution in [0.2, 0.25) is 0 Å². The third kappa shape index (κ3) is 4.09. The topological polar surface area (TPSA) is 70.4 Å². The Kier molecular flexibility index (Phi) is 6.46. The zero-order valence-electron chi connectivity index (χ0n) is 16.3. The number of nitrogens with zero attached hydrogens (tertiary/aromatic N) is 2. The van der Waals surface area contributed by atoms with E-state index < -0.39 is 12.0 Å². The summed E-state index contributed by atoms with van der Waals surface area (Å²) < 4.78 is 12.1. The molecule has 0 aliphatic carbocycles. The van der Waals surface area contributed by atoms with Crippen LogP contribution in [0.1, 0.15) is 39.7 Å². The highest BCUT2D eigenvalue weighted by atomic mass is 32.1. The number of ether oxygens (including phenoxy) is 2. The Bertz CT molecular complexity index is 1010. The number of benzene rings is 1. The fourth-order valence-electron chi connectivity index (χ4n) is 2.82. The monoisotopic (exact) mass is 400 g/mol. The van der Waals surface area contributed by atoms with Crippen LogP contribution in [-0.4, -0.2) is 28.7 Å². The number of carbonyl (C=O) groups is 1. The van der Waals surface area contributed by atoms with Gasteiger partial charge in [0.1, 0.15) is 16.6 Å². The summed E-state index contributed by atoms with van der Waals surface area (Å²) in [6.07, 6.45) is 3.10. The first kappa shape index (κ1) is 20.1. The highest BCUT2D eigenvalue weighted by molar-refractivity contribution is 7.17. The Hall–Kier alpha value is -2.67. The van der Waals surface area contributed by atoms with Gasteiger partial charge in [0, 0.05) is 10.9 Å². The summed E-state index contributed by atoms with van der Waals surface area (Å²) in [6, 6.07) is 6.93. The minimum atomic E-state index is -0.728. The van der Waals surface area contributed by atoms with Crippen molar-refractivity contribution in [1.82, 2.24) is 9.55 Å². The lowest BCUT2D eigenvalue weighted by Crippen LogP contribution is -2.29. The largest absolute Gasteiger partial charge is 0.494 e. The van der Waals surface area contributed by atoms with Gasteiger partial charge in [0.05, 0.1) is 24.9 Å². The molecule has 0 radical (unpaired) electrons. The summed E-state index contributed by atoms with van der Waals surface area (Å²) in [6.45, 7) is 6.64. The molecule has 2 heterocycles. The first-order valence-corrected chi connectivity index (χ1v) is 10.3. The standard InChI is InChI=1S/C21H24N2O4S/c1-4-10-26-16-8-6-15(7-9-16)17-12-28-19-18(17)20(24)23(13-22-19)14(3)21(25)27-11-5-2/h6-9,12-14H,4-5,10-11H2,1-3H3/t14-/m0/s1. The summed E-state index contributed by atoms with van der Waals surface area (Å²) in [5.74, 6) is 0.368. The van der Waals surface area contributed by atoms with Crippen LogP contribution in [0.15, 0.2) is 40.8 Å². The van der Waals surface area contributed by atoms with Crippen LogP contribution in [0.25, 0.3) is 21.3 Å². The van der Waals surface area contributed by atoms with Crippen molar-refractivity contribution in [2.75, 3.05) is 13.2 Å². The fraction of sp³-hybridized carbons (Fsp3) is 0.381. The molecule has 0 amide bonds. The normalized spacial score (nSPS) is 12.1. The molecule has 0 spiro atoms. The first-order chi connectivity index (χ1) is 13.6. The van der Waals surface area contributed by atoms with Crippen molar-refractivity contribution in [3.8, 4) is 16.9 Å². The molecule has 0 saturated carbocycles. The summed E-state index contributed by atoms with van der Waals surface area (Å²) in [5, 5.41) is 2.44. The molecular formula is C21H24N2O4S. The second-order valence-electron chi connectivity index (χ2n) is 6.50. The highest BCUT2D eigenvalue weighted by Gasteiger charge is 2.21. The molecule has 0 saturated heterocycles. The molecule has 0 aliphatic rings. The summed E-state index contributed by atoms with van der Waals surface area (Å²) in [5.41, 5.74) is 1.48. The smallest absolute Gasteiger partial charge is 0.328 e. The molecule has 1 aromatic carbocycles. The molecule has 0 aliphatic heterocycles. The molecule has 2 aromatic heterocycles. The lowest BCUT2D eigenvalue weighted by Gasteiger charge is -2.14. The molecule has 1 atom stereocenters. The Labute approximate surface area is 167 Å². The van der Waals surface area contributed by atoms with Gasteiger partial charge in [-0.05, 0) is 37.5 Å². The van der Waals surface area contributed by atoms with Gasteiger partial charge in [-0.3, -0.25) is 9.36 Å². The fourth-order valence-corrected chi connectivity index (χ4v) is 3.73. The maximum atomic E-state index is 13.1. The van der Waals surface area contributed by atoms with E-state index in [0.29, 0.717) is 23.4 Å². The molecule has 0 N–H and O–H groups in total. The van der Waals surface area contributed by atoms with Crippen molar-refractivity contribution in [1.29, 1.82) is 0 Å². The molecular weight excluding hydrogens is 376 g/mol. The van der Waals surface area contributed by atoms with E-state index in [1.807, 2.05) is 36.6 Å². The Morgan fingerprint density at radius 3 is 2.57 bits per heavy atom. The van der Waals surface area contributed by atoms with Crippen molar-refractivity contribution in [2.24, 2.45) is 0 Å². The second kappa shape index (κ2) is 9.01. The van der Waals surface area contributed by atoms with E-state index in [1.54, 1.807) is 6.92 Å². The molecule has 0 unspecified atom stereocenters. The van der Waals surface area contributed by atoms with Crippen molar-refractivity contribution in [3.05, 3.63) is 46.3 Å². The quantitative estimate of drug-likeness (QED) is 0.523. The van der Waals surface area contributed by atoms with Gasteiger partial charge in [-0.15, -0.1) is 11.3 Å². The third-order valence-electron chi connectivity index (χ3n) is 4.36. The van der Waals surface area contributed by atoms with Crippen LogP contribution in [0, 0.1) is 0 Å². The average Bonchev–Trinajstić information content (AvgIpc) is 3.15. The minimum Gasteiger partial charge on any atom is -0.494 e. The van der Waals surface area contributed by atoms with E-state index in [9.17, 15) is 9.59 Å². The van der Waals surface area contributed by atoms with Crippen molar-refractivity contribution < 1.29 is 14.3 Å². The predicted molar refractivity (Wildman–Crippen MR) is 111 cm³/mol. The molecule has 0 fully saturated rings. The number of hydrogen-bond donors (Lipinski definition) is 0. The van der Waals surface area contributed by atoms with Crippen molar-refractivity contribution in [3.63, 3.8) is 0 Å². The number of esters is 1. The Morgan fingerprint density at radius 2 is 1.89 bits per heavy atom. The van der Waals surface area contributed by atoms with Crippen molar-refractivity contribution >= 4 is 27.5 Å². The maximum Gasteiger partial charge on any atom is 0.328 e. The van der Waals surface area contributed by atoms with Crippen LogP contribution in [0.3, 0.4) is 0 Å². The number of aromatic nitrogens is 2. The molecule has 3 aromatic rings. The van der Waals surface area contributed by atoms with Gasteiger partial charge in [-0.25, -0.2) is 9.78 Å².